The Kier molecular flexibility index (Phi) is 1.90. The van der Waals surface area contributed by atoms with Crippen LogP contribution in [0.4, 0.5) is 13.2 Å². The van der Waals surface area contributed by atoms with Gasteiger partial charge < -0.3 is 9.52 Å². The van der Waals surface area contributed by atoms with Crippen molar-refractivity contribution in [3.8, 4) is 0 Å². The van der Waals surface area contributed by atoms with Gasteiger partial charge in [-0.05, 0) is 12.1 Å². The molecule has 62 valence electrons. The molecule has 0 radical (unpaired) electrons. The van der Waals surface area contributed by atoms with Crippen LogP contribution in [0.15, 0.2) is 16.5 Å². The standard InChI is InChI=1S/C6H5F3O2/c7-6(8,9)5-2-1-4(3-10)11-5/h1-2,10H,3H2. The summed E-state index contributed by atoms with van der Waals surface area (Å²) in [5.41, 5.74) is 0. The lowest BCUT2D eigenvalue weighted by Gasteiger charge is -1.99. The third kappa shape index (κ3) is 1.74. The molecule has 0 unspecified atom stereocenters. The second-order valence-corrected chi connectivity index (χ2v) is 1.92. The minimum absolute atomic E-state index is 0.0858. The first-order valence-corrected chi connectivity index (χ1v) is 2.81. The summed E-state index contributed by atoms with van der Waals surface area (Å²) >= 11 is 0. The molecule has 0 saturated carbocycles. The topological polar surface area (TPSA) is 33.4 Å². The van der Waals surface area contributed by atoms with Crippen molar-refractivity contribution in [2.45, 2.75) is 12.8 Å². The summed E-state index contributed by atoms with van der Waals surface area (Å²) in [5.74, 6) is -1.17. The van der Waals surface area contributed by atoms with Crippen molar-refractivity contribution in [1.82, 2.24) is 0 Å². The number of halogens is 3. The minimum Gasteiger partial charge on any atom is -0.454 e. The fourth-order valence-corrected chi connectivity index (χ4v) is 0.615. The zero-order valence-corrected chi connectivity index (χ0v) is 5.35. The summed E-state index contributed by atoms with van der Waals surface area (Å²) < 4.78 is 39.5. The predicted molar refractivity (Wildman–Crippen MR) is 29.6 cm³/mol. The summed E-state index contributed by atoms with van der Waals surface area (Å²) in [6, 6.07) is 1.87. The highest BCUT2D eigenvalue weighted by Gasteiger charge is 2.34. The highest BCUT2D eigenvalue weighted by molar-refractivity contribution is 5.08. The van der Waals surface area contributed by atoms with Crippen LogP contribution < -0.4 is 0 Å². The zero-order chi connectivity index (χ0) is 8.48. The number of aliphatic hydroxyl groups is 1. The molecule has 0 aromatic carbocycles. The number of aliphatic hydroxyl groups excluding tert-OH is 1. The Bertz CT molecular complexity index is 238. The highest BCUT2D eigenvalue weighted by atomic mass is 19.4. The largest absolute Gasteiger partial charge is 0.454 e. The lowest BCUT2D eigenvalue weighted by molar-refractivity contribution is -0.153. The number of furan rings is 1. The SMILES string of the molecule is OCc1ccc(C(F)(F)F)o1. The van der Waals surface area contributed by atoms with Crippen LogP contribution in [0.3, 0.4) is 0 Å². The number of rotatable bonds is 1. The van der Waals surface area contributed by atoms with Crippen molar-refractivity contribution in [1.29, 1.82) is 0 Å². The van der Waals surface area contributed by atoms with Crippen LogP contribution in [0.25, 0.3) is 0 Å². The number of hydrogen-bond acceptors (Lipinski definition) is 2. The van der Waals surface area contributed by atoms with E-state index in [1.807, 2.05) is 0 Å². The van der Waals surface area contributed by atoms with Gasteiger partial charge in [-0.25, -0.2) is 0 Å². The van der Waals surface area contributed by atoms with Crippen molar-refractivity contribution >= 4 is 0 Å². The first kappa shape index (κ1) is 8.13. The molecule has 1 aromatic rings. The van der Waals surface area contributed by atoms with Crippen LogP contribution in [0.5, 0.6) is 0 Å². The molecule has 1 heterocycles. The smallest absolute Gasteiger partial charge is 0.449 e. The molecule has 0 aliphatic heterocycles. The quantitative estimate of drug-likeness (QED) is 0.689. The van der Waals surface area contributed by atoms with E-state index in [0.717, 1.165) is 12.1 Å². The maximum Gasteiger partial charge on any atom is 0.449 e. The van der Waals surface area contributed by atoms with Gasteiger partial charge in [0.2, 0.25) is 5.76 Å². The van der Waals surface area contributed by atoms with E-state index in [2.05, 4.69) is 4.42 Å². The van der Waals surface area contributed by atoms with Gasteiger partial charge in [-0.1, -0.05) is 0 Å². The summed E-state index contributed by atoms with van der Waals surface area (Å²) in [5, 5.41) is 8.36. The van der Waals surface area contributed by atoms with Gasteiger partial charge >= 0.3 is 6.18 Å². The molecule has 2 nitrogen and oxygen atoms in total. The van der Waals surface area contributed by atoms with E-state index in [1.165, 1.54) is 0 Å². The van der Waals surface area contributed by atoms with Crippen LogP contribution in [-0.2, 0) is 12.8 Å². The van der Waals surface area contributed by atoms with Crippen molar-refractivity contribution in [3.05, 3.63) is 23.7 Å². The van der Waals surface area contributed by atoms with Crippen LogP contribution >= 0.6 is 0 Å². The van der Waals surface area contributed by atoms with Crippen LogP contribution in [0.2, 0.25) is 0 Å². The third-order valence-electron chi connectivity index (χ3n) is 1.10. The van der Waals surface area contributed by atoms with Gasteiger partial charge in [0.05, 0.1) is 0 Å². The molecule has 0 atom stereocenters. The maximum absolute atomic E-state index is 11.8. The Morgan fingerprint density at radius 3 is 2.27 bits per heavy atom. The monoisotopic (exact) mass is 166 g/mol. The lowest BCUT2D eigenvalue weighted by Crippen LogP contribution is -2.02. The molecule has 0 fully saturated rings. The Hall–Kier alpha value is -0.970. The average Bonchev–Trinajstić information content (AvgIpc) is 2.32. The van der Waals surface area contributed by atoms with Gasteiger partial charge in [-0.2, -0.15) is 13.2 Å². The molecule has 0 aliphatic carbocycles. The van der Waals surface area contributed by atoms with Gasteiger partial charge in [-0.15, -0.1) is 0 Å². The van der Waals surface area contributed by atoms with Gasteiger partial charge in [0.1, 0.15) is 12.4 Å². The van der Waals surface area contributed by atoms with Crippen molar-refractivity contribution in [2.24, 2.45) is 0 Å². The highest BCUT2D eigenvalue weighted by Crippen LogP contribution is 2.30. The number of alkyl halides is 3. The summed E-state index contributed by atoms with van der Waals surface area (Å²) in [6.45, 7) is -0.518. The third-order valence-corrected chi connectivity index (χ3v) is 1.10. The van der Waals surface area contributed by atoms with Crippen molar-refractivity contribution in [3.63, 3.8) is 0 Å². The number of hydrogen-bond donors (Lipinski definition) is 1. The lowest BCUT2D eigenvalue weighted by atomic mass is 10.4. The van der Waals surface area contributed by atoms with Crippen molar-refractivity contribution in [2.75, 3.05) is 0 Å². The van der Waals surface area contributed by atoms with Gasteiger partial charge in [0.15, 0.2) is 0 Å². The summed E-state index contributed by atoms with van der Waals surface area (Å²) in [6.07, 6.45) is -4.46. The molecule has 0 aliphatic rings. The molecular weight excluding hydrogens is 161 g/mol. The van der Waals surface area contributed by atoms with E-state index in [4.69, 9.17) is 5.11 Å². The molecule has 5 heteroatoms. The van der Waals surface area contributed by atoms with E-state index in [0.29, 0.717) is 0 Å². The predicted octanol–water partition coefficient (Wildman–Crippen LogP) is 1.79. The molecule has 11 heavy (non-hydrogen) atoms. The molecule has 0 bridgehead atoms. The molecule has 0 saturated heterocycles. The Morgan fingerprint density at radius 1 is 1.36 bits per heavy atom. The van der Waals surface area contributed by atoms with Crippen molar-refractivity contribution < 1.29 is 22.7 Å². The minimum atomic E-state index is -4.46. The van der Waals surface area contributed by atoms with E-state index < -0.39 is 18.5 Å². The van der Waals surface area contributed by atoms with Gasteiger partial charge in [0, 0.05) is 0 Å². The zero-order valence-electron chi connectivity index (χ0n) is 5.35. The second-order valence-electron chi connectivity index (χ2n) is 1.92. The molecule has 1 rings (SSSR count). The normalized spacial score (nSPS) is 12.0. The first-order valence-electron chi connectivity index (χ1n) is 2.81. The fraction of sp³-hybridized carbons (Fsp3) is 0.333. The molecular formula is C6H5F3O2. The Labute approximate surface area is 60.2 Å². The van der Waals surface area contributed by atoms with Gasteiger partial charge in [-0.3, -0.25) is 0 Å². The molecule has 1 aromatic heterocycles. The Morgan fingerprint density at radius 2 is 2.00 bits per heavy atom. The maximum atomic E-state index is 11.8. The van der Waals surface area contributed by atoms with E-state index in [1.54, 1.807) is 0 Å². The fourth-order valence-electron chi connectivity index (χ4n) is 0.615. The molecule has 1 N–H and O–H groups in total. The summed E-state index contributed by atoms with van der Waals surface area (Å²) in [7, 11) is 0. The Balaban J connectivity index is 2.89. The van der Waals surface area contributed by atoms with Gasteiger partial charge in [0.25, 0.3) is 0 Å². The average molecular weight is 166 g/mol. The van der Waals surface area contributed by atoms with E-state index >= 15 is 0 Å². The molecule has 0 spiro atoms. The van der Waals surface area contributed by atoms with E-state index in [9.17, 15) is 13.2 Å². The second kappa shape index (κ2) is 2.58. The first-order chi connectivity index (χ1) is 5.04. The summed E-state index contributed by atoms with van der Waals surface area (Å²) in [4.78, 5) is 0. The molecule has 0 amide bonds. The van der Waals surface area contributed by atoms with Crippen LogP contribution in [-0.4, -0.2) is 5.11 Å². The van der Waals surface area contributed by atoms with Crippen LogP contribution in [0.1, 0.15) is 11.5 Å². The van der Waals surface area contributed by atoms with E-state index in [-0.39, 0.29) is 5.76 Å². The van der Waals surface area contributed by atoms with Crippen LogP contribution in [0, 0.1) is 0 Å².